The summed E-state index contributed by atoms with van der Waals surface area (Å²) >= 11 is 0. The molecule has 1 aliphatic rings. The van der Waals surface area contributed by atoms with Gasteiger partial charge in [0, 0.05) is 24.8 Å². The SMILES string of the molecule is Cc1cc(OC2CCN(S(=O)(=O)c3ccc(F)cc3)CC2)nc(C)n1. The lowest BCUT2D eigenvalue weighted by molar-refractivity contribution is 0.129. The minimum Gasteiger partial charge on any atom is -0.474 e. The molecule has 0 amide bonds. The van der Waals surface area contributed by atoms with Gasteiger partial charge in [0.05, 0.1) is 4.90 Å². The number of ether oxygens (including phenoxy) is 1. The van der Waals surface area contributed by atoms with E-state index in [0.717, 1.165) is 17.8 Å². The summed E-state index contributed by atoms with van der Waals surface area (Å²) in [7, 11) is -3.60. The maximum Gasteiger partial charge on any atom is 0.243 e. The summed E-state index contributed by atoms with van der Waals surface area (Å²) < 4.78 is 45.5. The van der Waals surface area contributed by atoms with E-state index >= 15 is 0 Å². The molecular formula is C17H20FN3O3S. The molecule has 0 N–H and O–H groups in total. The van der Waals surface area contributed by atoms with E-state index in [2.05, 4.69) is 9.97 Å². The molecule has 25 heavy (non-hydrogen) atoms. The van der Waals surface area contributed by atoms with Gasteiger partial charge in [-0.2, -0.15) is 9.29 Å². The monoisotopic (exact) mass is 365 g/mol. The first-order valence-corrected chi connectivity index (χ1v) is 9.53. The number of sulfonamides is 1. The van der Waals surface area contributed by atoms with Crippen LogP contribution in [0.15, 0.2) is 35.2 Å². The lowest BCUT2D eigenvalue weighted by Crippen LogP contribution is -2.41. The van der Waals surface area contributed by atoms with E-state index in [1.807, 2.05) is 6.92 Å². The molecule has 0 saturated carbocycles. The van der Waals surface area contributed by atoms with Crippen LogP contribution >= 0.6 is 0 Å². The molecular weight excluding hydrogens is 345 g/mol. The summed E-state index contributed by atoms with van der Waals surface area (Å²) in [6.07, 6.45) is 1.05. The molecule has 8 heteroatoms. The highest BCUT2D eigenvalue weighted by atomic mass is 32.2. The fourth-order valence-corrected chi connectivity index (χ4v) is 4.33. The zero-order valence-corrected chi connectivity index (χ0v) is 15.0. The van der Waals surface area contributed by atoms with Crippen molar-refractivity contribution in [2.24, 2.45) is 0 Å². The Hall–Kier alpha value is -2.06. The molecule has 3 rings (SSSR count). The normalized spacial score (nSPS) is 16.8. The van der Waals surface area contributed by atoms with Gasteiger partial charge in [0.25, 0.3) is 0 Å². The predicted octanol–water partition coefficient (Wildman–Crippen LogP) is 2.46. The Morgan fingerprint density at radius 1 is 1.12 bits per heavy atom. The number of rotatable bonds is 4. The van der Waals surface area contributed by atoms with Gasteiger partial charge >= 0.3 is 0 Å². The van der Waals surface area contributed by atoms with Crippen LogP contribution in [0, 0.1) is 19.7 Å². The third kappa shape index (κ3) is 4.13. The highest BCUT2D eigenvalue weighted by Crippen LogP contribution is 2.23. The van der Waals surface area contributed by atoms with Gasteiger partial charge in [-0.25, -0.2) is 17.8 Å². The van der Waals surface area contributed by atoms with E-state index in [1.54, 1.807) is 13.0 Å². The highest BCUT2D eigenvalue weighted by Gasteiger charge is 2.30. The van der Waals surface area contributed by atoms with Crippen molar-refractivity contribution < 1.29 is 17.5 Å². The first-order chi connectivity index (χ1) is 11.8. The molecule has 1 saturated heterocycles. The second kappa shape index (κ2) is 7.05. The summed E-state index contributed by atoms with van der Waals surface area (Å²) in [6, 6.07) is 6.67. The van der Waals surface area contributed by atoms with Crippen molar-refractivity contribution in [1.82, 2.24) is 14.3 Å². The largest absolute Gasteiger partial charge is 0.474 e. The van der Waals surface area contributed by atoms with Crippen LogP contribution in [-0.2, 0) is 10.0 Å². The van der Waals surface area contributed by atoms with Gasteiger partial charge in [0.15, 0.2) is 0 Å². The van der Waals surface area contributed by atoms with Crippen LogP contribution in [-0.4, -0.2) is 41.9 Å². The second-order valence-corrected chi connectivity index (χ2v) is 8.01. The van der Waals surface area contributed by atoms with E-state index in [4.69, 9.17) is 4.74 Å². The van der Waals surface area contributed by atoms with Gasteiger partial charge in [-0.3, -0.25) is 0 Å². The molecule has 6 nitrogen and oxygen atoms in total. The van der Waals surface area contributed by atoms with Gasteiger partial charge in [-0.15, -0.1) is 0 Å². The Labute approximate surface area is 146 Å². The van der Waals surface area contributed by atoms with Crippen LogP contribution in [0.4, 0.5) is 4.39 Å². The third-order valence-electron chi connectivity index (χ3n) is 4.08. The van der Waals surface area contributed by atoms with Gasteiger partial charge in [-0.1, -0.05) is 0 Å². The van der Waals surface area contributed by atoms with Crippen LogP contribution in [0.25, 0.3) is 0 Å². The number of hydrogen-bond acceptors (Lipinski definition) is 5. The number of hydrogen-bond donors (Lipinski definition) is 0. The zero-order valence-electron chi connectivity index (χ0n) is 14.1. The standard InChI is InChI=1S/C17H20FN3O3S/c1-12-11-17(20-13(2)19-12)24-15-7-9-21(10-8-15)25(22,23)16-5-3-14(18)4-6-16/h3-6,11,15H,7-10H2,1-2H3. The molecule has 1 aliphatic heterocycles. The highest BCUT2D eigenvalue weighted by molar-refractivity contribution is 7.89. The topological polar surface area (TPSA) is 72.4 Å². The van der Waals surface area contributed by atoms with Crippen molar-refractivity contribution in [1.29, 1.82) is 0 Å². The van der Waals surface area contributed by atoms with E-state index in [9.17, 15) is 12.8 Å². The van der Waals surface area contributed by atoms with E-state index in [-0.39, 0.29) is 11.0 Å². The molecule has 0 unspecified atom stereocenters. The Bertz CT molecular complexity index is 828. The van der Waals surface area contributed by atoms with Crippen molar-refractivity contribution in [3.63, 3.8) is 0 Å². The second-order valence-electron chi connectivity index (χ2n) is 6.07. The smallest absolute Gasteiger partial charge is 0.243 e. The van der Waals surface area contributed by atoms with Crippen LogP contribution in [0.2, 0.25) is 0 Å². The Morgan fingerprint density at radius 3 is 2.36 bits per heavy atom. The van der Waals surface area contributed by atoms with E-state index < -0.39 is 15.8 Å². The number of piperidine rings is 1. The number of benzene rings is 1. The van der Waals surface area contributed by atoms with Crippen molar-refractivity contribution in [2.45, 2.75) is 37.7 Å². The predicted molar refractivity (Wildman–Crippen MR) is 90.3 cm³/mol. The maximum atomic E-state index is 13.0. The van der Waals surface area contributed by atoms with E-state index in [0.29, 0.717) is 37.6 Å². The maximum absolute atomic E-state index is 13.0. The summed E-state index contributed by atoms with van der Waals surface area (Å²) in [5, 5.41) is 0. The summed E-state index contributed by atoms with van der Waals surface area (Å²) in [5.74, 6) is 0.706. The number of aromatic nitrogens is 2. The van der Waals surface area contributed by atoms with Crippen LogP contribution in [0.3, 0.4) is 0 Å². The van der Waals surface area contributed by atoms with Gasteiger partial charge in [0.2, 0.25) is 15.9 Å². The van der Waals surface area contributed by atoms with Crippen molar-refractivity contribution in [3.8, 4) is 5.88 Å². The minimum atomic E-state index is -3.60. The quantitative estimate of drug-likeness (QED) is 0.832. The molecule has 1 aromatic carbocycles. The molecule has 1 fully saturated rings. The molecule has 0 spiro atoms. The molecule has 0 atom stereocenters. The number of nitrogens with zero attached hydrogens (tertiary/aromatic N) is 3. The number of halogens is 1. The molecule has 0 aliphatic carbocycles. The Morgan fingerprint density at radius 2 is 1.76 bits per heavy atom. The first kappa shape index (κ1) is 17.8. The molecule has 0 bridgehead atoms. The van der Waals surface area contributed by atoms with Crippen LogP contribution in [0.5, 0.6) is 5.88 Å². The van der Waals surface area contributed by atoms with Gasteiger partial charge in [-0.05, 0) is 51.0 Å². The summed E-state index contributed by atoms with van der Waals surface area (Å²) in [5.41, 5.74) is 0.832. The Kier molecular flexibility index (Phi) is 5.01. The van der Waals surface area contributed by atoms with Crippen LogP contribution in [0.1, 0.15) is 24.4 Å². The number of aryl methyl sites for hydroxylation is 2. The van der Waals surface area contributed by atoms with Crippen molar-refractivity contribution in [3.05, 3.63) is 47.7 Å². The van der Waals surface area contributed by atoms with Crippen molar-refractivity contribution in [2.75, 3.05) is 13.1 Å². The van der Waals surface area contributed by atoms with Gasteiger partial charge < -0.3 is 4.74 Å². The fourth-order valence-electron chi connectivity index (χ4n) is 2.86. The van der Waals surface area contributed by atoms with Crippen molar-refractivity contribution >= 4 is 10.0 Å². The average Bonchev–Trinajstić information content (AvgIpc) is 2.55. The molecule has 2 heterocycles. The molecule has 134 valence electrons. The Balaban J connectivity index is 1.64. The lowest BCUT2D eigenvalue weighted by Gasteiger charge is -2.31. The van der Waals surface area contributed by atoms with Gasteiger partial charge in [0.1, 0.15) is 17.7 Å². The average molecular weight is 365 g/mol. The third-order valence-corrected chi connectivity index (χ3v) is 6.00. The summed E-state index contributed by atoms with van der Waals surface area (Å²) in [4.78, 5) is 8.56. The minimum absolute atomic E-state index is 0.0895. The summed E-state index contributed by atoms with van der Waals surface area (Å²) in [6.45, 7) is 4.39. The first-order valence-electron chi connectivity index (χ1n) is 8.09. The van der Waals surface area contributed by atoms with Crippen LogP contribution < -0.4 is 4.74 Å². The fraction of sp³-hybridized carbons (Fsp3) is 0.412. The molecule has 1 aromatic heterocycles. The lowest BCUT2D eigenvalue weighted by atomic mass is 10.1. The molecule has 2 aromatic rings. The molecule has 0 radical (unpaired) electrons. The zero-order chi connectivity index (χ0) is 18.0. The van der Waals surface area contributed by atoms with E-state index in [1.165, 1.54) is 16.4 Å².